The second kappa shape index (κ2) is 10.2. The van der Waals surface area contributed by atoms with Crippen molar-refractivity contribution in [1.82, 2.24) is 4.90 Å². The molecule has 0 radical (unpaired) electrons. The van der Waals surface area contributed by atoms with Crippen molar-refractivity contribution in [2.45, 2.75) is 69.7 Å². The van der Waals surface area contributed by atoms with E-state index in [1.165, 1.54) is 17.2 Å². The quantitative estimate of drug-likeness (QED) is 0.186. The summed E-state index contributed by atoms with van der Waals surface area (Å²) in [4.78, 5) is 19.7. The number of aliphatic imine (C=N–C) groups is 1. The second-order valence-corrected chi connectivity index (χ2v) is 6.93. The van der Waals surface area contributed by atoms with Gasteiger partial charge in [0, 0.05) is 17.5 Å². The second-order valence-electron chi connectivity index (χ2n) is 6.93. The van der Waals surface area contributed by atoms with Crippen LogP contribution in [0.3, 0.4) is 0 Å². The highest BCUT2D eigenvalue weighted by Gasteiger charge is 2.58. The van der Waals surface area contributed by atoms with Crippen LogP contribution in [-0.4, -0.2) is 52.6 Å². The summed E-state index contributed by atoms with van der Waals surface area (Å²) in [7, 11) is 0. The van der Waals surface area contributed by atoms with E-state index in [-0.39, 0.29) is 18.1 Å². The first-order valence-electron chi connectivity index (χ1n) is 9.56. The van der Waals surface area contributed by atoms with Gasteiger partial charge in [0.05, 0.1) is 0 Å². The standard InChI is InChI=1S/C18H27FN6O4/c1-3-4-5-6-7-8-14(26)28-11-18(23-24-21)16(27)15(19)17(29-18)25-10-9-13(20)22-12(25)2/h9-10,15-17,27H,2-8,11H2,1H3,(H2,20,22)/t15-,16+,17-,18-/m1/s1. The van der Waals surface area contributed by atoms with Gasteiger partial charge < -0.3 is 25.2 Å². The summed E-state index contributed by atoms with van der Waals surface area (Å²) in [5.41, 5.74) is 12.4. The number of carbonyl (C=O) groups is 1. The molecule has 4 atom stereocenters. The maximum atomic E-state index is 14.8. The molecule has 0 aromatic heterocycles. The molecule has 2 heterocycles. The highest BCUT2D eigenvalue weighted by molar-refractivity contribution is 5.92. The molecule has 3 N–H and O–H groups in total. The Bertz CT molecular complexity index is 723. The Kier molecular flexibility index (Phi) is 8.00. The summed E-state index contributed by atoms with van der Waals surface area (Å²) in [6, 6.07) is 0. The molecule has 2 aliphatic rings. The molecule has 1 saturated heterocycles. The molecule has 0 aliphatic carbocycles. The van der Waals surface area contributed by atoms with Gasteiger partial charge in [-0.3, -0.25) is 4.79 Å². The van der Waals surface area contributed by atoms with E-state index in [0.717, 1.165) is 25.7 Å². The minimum Gasteiger partial charge on any atom is -0.462 e. The number of rotatable bonds is 10. The molecule has 0 bridgehead atoms. The van der Waals surface area contributed by atoms with Gasteiger partial charge in [0.15, 0.2) is 12.4 Å². The molecule has 29 heavy (non-hydrogen) atoms. The number of carbonyl (C=O) groups excluding carboxylic acids is 1. The van der Waals surface area contributed by atoms with E-state index in [1.807, 2.05) is 0 Å². The van der Waals surface area contributed by atoms with Crippen LogP contribution in [0.25, 0.3) is 10.4 Å². The van der Waals surface area contributed by atoms with Gasteiger partial charge in [-0.05, 0) is 18.0 Å². The Morgan fingerprint density at radius 2 is 2.28 bits per heavy atom. The van der Waals surface area contributed by atoms with Crippen LogP contribution in [-0.2, 0) is 14.3 Å². The van der Waals surface area contributed by atoms with Crippen LogP contribution < -0.4 is 5.73 Å². The van der Waals surface area contributed by atoms with Gasteiger partial charge in [-0.25, -0.2) is 9.38 Å². The molecular weight excluding hydrogens is 383 g/mol. The highest BCUT2D eigenvalue weighted by Crippen LogP contribution is 2.38. The lowest BCUT2D eigenvalue weighted by molar-refractivity contribution is -0.166. The molecule has 11 heteroatoms. The average molecular weight is 410 g/mol. The molecule has 0 spiro atoms. The number of esters is 1. The fourth-order valence-electron chi connectivity index (χ4n) is 3.11. The predicted molar refractivity (Wildman–Crippen MR) is 104 cm³/mol. The Morgan fingerprint density at radius 3 is 2.93 bits per heavy atom. The number of nitrogens with zero attached hydrogens (tertiary/aromatic N) is 5. The van der Waals surface area contributed by atoms with Crippen molar-refractivity contribution >= 4 is 11.8 Å². The minimum absolute atomic E-state index is 0.0886. The van der Waals surface area contributed by atoms with Crippen molar-refractivity contribution in [2.24, 2.45) is 15.8 Å². The molecule has 0 aromatic carbocycles. The molecule has 2 aliphatic heterocycles. The normalized spacial score (nSPS) is 28.8. The van der Waals surface area contributed by atoms with Crippen molar-refractivity contribution in [3.8, 4) is 0 Å². The summed E-state index contributed by atoms with van der Waals surface area (Å²) in [5, 5.41) is 13.8. The number of hydrogen-bond donors (Lipinski definition) is 2. The van der Waals surface area contributed by atoms with E-state index in [4.69, 9.17) is 20.7 Å². The molecule has 1 fully saturated rings. The molecule has 160 valence electrons. The summed E-state index contributed by atoms with van der Waals surface area (Å²) in [5.74, 6) is -0.275. The van der Waals surface area contributed by atoms with Gasteiger partial charge in [0.2, 0.25) is 5.72 Å². The molecule has 2 rings (SSSR count). The van der Waals surface area contributed by atoms with Crippen LogP contribution >= 0.6 is 0 Å². The third-order valence-electron chi connectivity index (χ3n) is 4.74. The zero-order chi connectivity index (χ0) is 21.4. The van der Waals surface area contributed by atoms with Crippen molar-refractivity contribution in [3.63, 3.8) is 0 Å². The molecule has 0 unspecified atom stereocenters. The van der Waals surface area contributed by atoms with Gasteiger partial charge >= 0.3 is 5.97 Å². The van der Waals surface area contributed by atoms with Crippen LogP contribution in [0.1, 0.15) is 45.4 Å². The number of hydrogen-bond acceptors (Lipinski definition) is 8. The number of aliphatic hydroxyl groups is 1. The largest absolute Gasteiger partial charge is 0.462 e. The van der Waals surface area contributed by atoms with Crippen LogP contribution in [0.5, 0.6) is 0 Å². The number of halogens is 1. The van der Waals surface area contributed by atoms with Crippen molar-refractivity contribution in [1.29, 1.82) is 0 Å². The number of azide groups is 1. The molecule has 0 aromatic rings. The first kappa shape index (κ1) is 22.7. The summed E-state index contributed by atoms with van der Waals surface area (Å²) in [6.45, 7) is 5.15. The lowest BCUT2D eigenvalue weighted by atomic mass is 10.1. The molecule has 0 saturated carbocycles. The van der Waals surface area contributed by atoms with Gasteiger partial charge in [0.1, 0.15) is 24.4 Å². The zero-order valence-corrected chi connectivity index (χ0v) is 16.4. The molecule has 0 amide bonds. The van der Waals surface area contributed by atoms with Crippen LogP contribution in [0.2, 0.25) is 0 Å². The van der Waals surface area contributed by atoms with Gasteiger partial charge in [-0.2, -0.15) is 0 Å². The number of unbranched alkanes of at least 4 members (excludes halogenated alkanes) is 4. The minimum atomic E-state index is -2.10. The van der Waals surface area contributed by atoms with Crippen molar-refractivity contribution in [2.75, 3.05) is 6.61 Å². The molecule has 10 nitrogen and oxygen atoms in total. The van der Waals surface area contributed by atoms with Crippen LogP contribution in [0.4, 0.5) is 4.39 Å². The Morgan fingerprint density at radius 1 is 1.55 bits per heavy atom. The van der Waals surface area contributed by atoms with E-state index in [9.17, 15) is 14.3 Å². The van der Waals surface area contributed by atoms with E-state index < -0.39 is 36.8 Å². The highest BCUT2D eigenvalue weighted by atomic mass is 19.1. The Balaban J connectivity index is 2.01. The smallest absolute Gasteiger partial charge is 0.305 e. The van der Waals surface area contributed by atoms with Gasteiger partial charge in [-0.15, -0.1) is 0 Å². The Hall–Kier alpha value is -2.62. The third kappa shape index (κ3) is 5.47. The van der Waals surface area contributed by atoms with Gasteiger partial charge in [-0.1, -0.05) is 44.3 Å². The summed E-state index contributed by atoms with van der Waals surface area (Å²) < 4.78 is 25.5. The van der Waals surface area contributed by atoms with Crippen LogP contribution in [0, 0.1) is 0 Å². The van der Waals surface area contributed by atoms with E-state index in [2.05, 4.69) is 28.5 Å². The first-order chi connectivity index (χ1) is 13.8. The monoisotopic (exact) mass is 410 g/mol. The van der Waals surface area contributed by atoms with E-state index >= 15 is 0 Å². The SMILES string of the molecule is C=C1N=C(N)C=CN1[C@@H]1O[C@@](COC(=O)CCCCCCC)(N=[N+]=[N-])[C@@H](O)[C@H]1F. The van der Waals surface area contributed by atoms with E-state index in [1.54, 1.807) is 0 Å². The lowest BCUT2D eigenvalue weighted by Gasteiger charge is -2.31. The topological polar surface area (TPSA) is 146 Å². The lowest BCUT2D eigenvalue weighted by Crippen LogP contribution is -2.44. The van der Waals surface area contributed by atoms with Gasteiger partial charge in [0.25, 0.3) is 0 Å². The van der Waals surface area contributed by atoms with Crippen LogP contribution in [0.15, 0.2) is 34.8 Å². The number of aliphatic hydroxyl groups excluding tert-OH is 1. The number of alkyl halides is 1. The third-order valence-corrected chi connectivity index (χ3v) is 4.74. The number of amidine groups is 1. The zero-order valence-electron chi connectivity index (χ0n) is 16.4. The maximum absolute atomic E-state index is 14.8. The molecular formula is C18H27FN6O4. The van der Waals surface area contributed by atoms with E-state index in [0.29, 0.717) is 6.42 Å². The fraction of sp³-hybridized carbons (Fsp3) is 0.667. The Labute approximate surface area is 168 Å². The first-order valence-corrected chi connectivity index (χ1v) is 9.56. The maximum Gasteiger partial charge on any atom is 0.305 e. The number of ether oxygens (including phenoxy) is 2. The number of nitrogens with two attached hydrogens (primary N) is 1. The van der Waals surface area contributed by atoms with Crippen molar-refractivity contribution < 1.29 is 23.8 Å². The predicted octanol–water partition coefficient (Wildman–Crippen LogP) is 2.61. The average Bonchev–Trinajstić information content (AvgIpc) is 2.92. The van der Waals surface area contributed by atoms with Crippen molar-refractivity contribution in [3.05, 3.63) is 35.1 Å². The summed E-state index contributed by atoms with van der Waals surface area (Å²) >= 11 is 0. The fourth-order valence-corrected chi connectivity index (χ4v) is 3.11. The summed E-state index contributed by atoms with van der Waals surface area (Å²) in [6.07, 6.45) is 2.52.